The second-order valence-electron chi connectivity index (χ2n) is 6.49. The molecule has 0 spiro atoms. The smallest absolute Gasteiger partial charge is 0.330 e. The molecule has 0 aromatic heterocycles. The summed E-state index contributed by atoms with van der Waals surface area (Å²) < 4.78 is 16.4. The summed E-state index contributed by atoms with van der Waals surface area (Å²) in [5, 5.41) is 0. The number of hydrogen-bond donors (Lipinski definition) is 0. The summed E-state index contributed by atoms with van der Waals surface area (Å²) in [4.78, 5) is 11.3. The molecule has 0 aliphatic rings. The Morgan fingerprint density at radius 2 is 1.58 bits per heavy atom. The van der Waals surface area contributed by atoms with E-state index in [2.05, 4.69) is 6.92 Å². The van der Waals surface area contributed by atoms with E-state index < -0.39 is 5.79 Å². The van der Waals surface area contributed by atoms with Crippen LogP contribution >= 0.6 is 0 Å². The zero-order chi connectivity index (χ0) is 18.3. The van der Waals surface area contributed by atoms with E-state index in [0.29, 0.717) is 12.5 Å². The van der Waals surface area contributed by atoms with E-state index in [1.54, 1.807) is 27.2 Å². The Hall–Kier alpha value is -0.870. The normalized spacial score (nSPS) is 13.4. The molecule has 0 radical (unpaired) electrons. The van der Waals surface area contributed by atoms with Gasteiger partial charge in [-0.05, 0) is 33.1 Å². The zero-order valence-electron chi connectivity index (χ0n) is 16.4. The van der Waals surface area contributed by atoms with Gasteiger partial charge in [0.05, 0.1) is 6.61 Å². The Morgan fingerprint density at radius 3 is 2.17 bits per heavy atom. The van der Waals surface area contributed by atoms with Crippen LogP contribution in [-0.4, -0.2) is 32.6 Å². The zero-order valence-corrected chi connectivity index (χ0v) is 16.4. The Bertz CT molecular complexity index is 335. The van der Waals surface area contributed by atoms with Crippen LogP contribution in [0.15, 0.2) is 12.2 Å². The van der Waals surface area contributed by atoms with Gasteiger partial charge in [-0.15, -0.1) is 0 Å². The summed E-state index contributed by atoms with van der Waals surface area (Å²) >= 11 is 0. The molecule has 0 bridgehead atoms. The summed E-state index contributed by atoms with van der Waals surface area (Å²) in [6.07, 6.45) is 13.7. The maximum atomic E-state index is 11.3. The largest absolute Gasteiger partial charge is 0.463 e. The lowest BCUT2D eigenvalue weighted by Gasteiger charge is -2.35. The van der Waals surface area contributed by atoms with Crippen molar-refractivity contribution in [1.82, 2.24) is 0 Å². The molecule has 0 fully saturated rings. The Morgan fingerprint density at radius 1 is 1.00 bits per heavy atom. The van der Waals surface area contributed by atoms with Crippen LogP contribution in [0, 0.1) is 5.92 Å². The van der Waals surface area contributed by atoms with E-state index in [0.717, 1.165) is 19.3 Å². The number of hydrogen-bond acceptors (Lipinski definition) is 4. The van der Waals surface area contributed by atoms with Crippen molar-refractivity contribution >= 4 is 5.97 Å². The predicted octanol–water partition coefficient (Wildman–Crippen LogP) is 5.26. The summed E-state index contributed by atoms with van der Waals surface area (Å²) in [5.74, 6) is -0.540. The first-order valence-corrected chi connectivity index (χ1v) is 9.43. The summed E-state index contributed by atoms with van der Waals surface area (Å²) in [7, 11) is 3.40. The van der Waals surface area contributed by atoms with Gasteiger partial charge in [-0.3, -0.25) is 0 Å². The fourth-order valence-corrected chi connectivity index (χ4v) is 2.94. The van der Waals surface area contributed by atoms with Gasteiger partial charge in [0.1, 0.15) is 0 Å². The van der Waals surface area contributed by atoms with Gasteiger partial charge >= 0.3 is 5.97 Å². The topological polar surface area (TPSA) is 44.8 Å². The third kappa shape index (κ3) is 10.1. The maximum absolute atomic E-state index is 11.3. The molecule has 0 rings (SSSR count). The summed E-state index contributed by atoms with van der Waals surface area (Å²) in [6, 6.07) is 0. The molecule has 0 heterocycles. The lowest BCUT2D eigenvalue weighted by Crippen LogP contribution is -2.39. The van der Waals surface area contributed by atoms with Crippen molar-refractivity contribution in [2.75, 3.05) is 20.8 Å². The molecule has 0 N–H and O–H groups in total. The lowest BCUT2D eigenvalue weighted by atomic mass is 9.88. The third-order valence-corrected chi connectivity index (χ3v) is 4.70. The van der Waals surface area contributed by atoms with E-state index in [-0.39, 0.29) is 5.97 Å². The molecule has 0 aromatic rings. The molecule has 0 amide bonds. The second-order valence-corrected chi connectivity index (χ2v) is 6.49. The van der Waals surface area contributed by atoms with Crippen LogP contribution in [0.2, 0.25) is 0 Å². The first-order chi connectivity index (χ1) is 11.5. The molecule has 4 heteroatoms. The van der Waals surface area contributed by atoms with Gasteiger partial charge in [0.2, 0.25) is 0 Å². The molecule has 1 atom stereocenters. The summed E-state index contributed by atoms with van der Waals surface area (Å²) in [5.41, 5.74) is 0. The van der Waals surface area contributed by atoms with E-state index in [4.69, 9.17) is 14.2 Å². The molecule has 1 unspecified atom stereocenters. The maximum Gasteiger partial charge on any atom is 0.330 e. The minimum absolute atomic E-state index is 0.272. The Labute approximate surface area is 148 Å². The summed E-state index contributed by atoms with van der Waals surface area (Å²) in [6.45, 7) is 6.49. The molecule has 0 saturated carbocycles. The fraction of sp³-hybridized carbons (Fsp3) is 0.850. The van der Waals surface area contributed by atoms with Crippen LogP contribution in [0.1, 0.15) is 78.6 Å². The molecular weight excluding hydrogens is 304 g/mol. The number of rotatable bonds is 15. The highest BCUT2D eigenvalue weighted by Gasteiger charge is 2.33. The quantitative estimate of drug-likeness (QED) is 0.176. The van der Waals surface area contributed by atoms with Crippen LogP contribution in [-0.2, 0) is 19.0 Å². The predicted molar refractivity (Wildman–Crippen MR) is 98.9 cm³/mol. The fourth-order valence-electron chi connectivity index (χ4n) is 2.94. The molecule has 142 valence electrons. The van der Waals surface area contributed by atoms with Crippen molar-refractivity contribution in [3.05, 3.63) is 12.2 Å². The number of unbranched alkanes of at least 4 members (excludes halogenated alkanes) is 5. The van der Waals surface area contributed by atoms with E-state index in [9.17, 15) is 4.79 Å². The van der Waals surface area contributed by atoms with Crippen molar-refractivity contribution in [2.45, 2.75) is 84.3 Å². The van der Waals surface area contributed by atoms with Crippen LogP contribution in [0.4, 0.5) is 0 Å². The van der Waals surface area contributed by atoms with Gasteiger partial charge in [-0.2, -0.15) is 0 Å². The first kappa shape index (κ1) is 23.1. The van der Waals surface area contributed by atoms with Gasteiger partial charge in [-0.1, -0.05) is 51.5 Å². The van der Waals surface area contributed by atoms with Gasteiger partial charge in [-0.25, -0.2) is 4.79 Å². The highest BCUT2D eigenvalue weighted by Crippen LogP contribution is 2.31. The molecule has 0 saturated heterocycles. The van der Waals surface area contributed by atoms with E-state index in [1.807, 2.05) is 6.92 Å². The molecule has 0 aromatic carbocycles. The number of methoxy groups -OCH3 is 2. The van der Waals surface area contributed by atoms with Gasteiger partial charge in [0.25, 0.3) is 0 Å². The molecule has 0 aliphatic heterocycles. The lowest BCUT2D eigenvalue weighted by molar-refractivity contribution is -0.230. The standard InChI is InChI=1S/C20H38O4/c1-6-8-9-10-11-12-15-18(20(3,22-4)23-5)16-13-17-24-19(21)14-7-2/h7,14,18H,6,8-13,15-17H2,1-5H3. The van der Waals surface area contributed by atoms with Crippen molar-refractivity contribution in [1.29, 1.82) is 0 Å². The van der Waals surface area contributed by atoms with Gasteiger partial charge in [0, 0.05) is 26.2 Å². The highest BCUT2D eigenvalue weighted by atomic mass is 16.7. The van der Waals surface area contributed by atoms with Gasteiger partial charge < -0.3 is 14.2 Å². The minimum atomic E-state index is -0.573. The highest BCUT2D eigenvalue weighted by molar-refractivity contribution is 5.81. The number of ether oxygens (including phenoxy) is 3. The van der Waals surface area contributed by atoms with Gasteiger partial charge in [0.15, 0.2) is 5.79 Å². The third-order valence-electron chi connectivity index (χ3n) is 4.70. The van der Waals surface area contributed by atoms with Crippen molar-refractivity contribution < 1.29 is 19.0 Å². The average molecular weight is 343 g/mol. The molecule has 4 nitrogen and oxygen atoms in total. The van der Waals surface area contributed by atoms with Crippen LogP contribution in [0.25, 0.3) is 0 Å². The van der Waals surface area contributed by atoms with Crippen LogP contribution < -0.4 is 0 Å². The van der Waals surface area contributed by atoms with E-state index >= 15 is 0 Å². The van der Waals surface area contributed by atoms with E-state index in [1.165, 1.54) is 44.6 Å². The first-order valence-electron chi connectivity index (χ1n) is 9.43. The second kappa shape index (κ2) is 14.5. The average Bonchev–Trinajstić information content (AvgIpc) is 2.59. The number of esters is 1. The van der Waals surface area contributed by atoms with Crippen LogP contribution in [0.5, 0.6) is 0 Å². The Balaban J connectivity index is 4.26. The number of carbonyl (C=O) groups excluding carboxylic acids is 1. The monoisotopic (exact) mass is 342 g/mol. The Kier molecular flexibility index (Phi) is 13.9. The van der Waals surface area contributed by atoms with Crippen molar-refractivity contribution in [3.63, 3.8) is 0 Å². The molecule has 24 heavy (non-hydrogen) atoms. The van der Waals surface area contributed by atoms with Crippen molar-refractivity contribution in [3.8, 4) is 0 Å². The minimum Gasteiger partial charge on any atom is -0.463 e. The SMILES string of the molecule is CC=CC(=O)OCCCC(CCCCCCCC)C(C)(OC)OC. The van der Waals surface area contributed by atoms with Crippen LogP contribution in [0.3, 0.4) is 0 Å². The molecule has 0 aliphatic carbocycles. The molecular formula is C20H38O4. The number of allylic oxidation sites excluding steroid dienone is 1. The number of carbonyl (C=O) groups is 1. The van der Waals surface area contributed by atoms with Crippen molar-refractivity contribution in [2.24, 2.45) is 5.92 Å².